The summed E-state index contributed by atoms with van der Waals surface area (Å²) in [6, 6.07) is 2.75. The first-order valence-corrected chi connectivity index (χ1v) is 8.15. The maximum Gasteiger partial charge on any atom is 0.158 e. The molecule has 1 aliphatic rings. The van der Waals surface area contributed by atoms with Crippen molar-refractivity contribution in [2.75, 3.05) is 30.4 Å². The highest BCUT2D eigenvalue weighted by Gasteiger charge is 2.30. The molecule has 0 aromatic carbocycles. The summed E-state index contributed by atoms with van der Waals surface area (Å²) in [6.45, 7) is 6.86. The van der Waals surface area contributed by atoms with E-state index in [0.717, 1.165) is 37.0 Å². The van der Waals surface area contributed by atoms with Crippen molar-refractivity contribution in [3.8, 4) is 0 Å². The molecule has 118 valence electrons. The molecule has 1 aliphatic carbocycles. The van der Waals surface area contributed by atoms with Gasteiger partial charge in [-0.3, -0.25) is 0 Å². The Balaban J connectivity index is 2.19. The van der Waals surface area contributed by atoms with E-state index in [2.05, 4.69) is 35.1 Å². The van der Waals surface area contributed by atoms with Gasteiger partial charge < -0.3 is 15.0 Å². The molecule has 0 atom stereocenters. The van der Waals surface area contributed by atoms with Crippen LogP contribution < -0.4 is 10.2 Å². The fourth-order valence-electron chi connectivity index (χ4n) is 2.37. The van der Waals surface area contributed by atoms with Crippen LogP contribution in [0.5, 0.6) is 0 Å². The fourth-order valence-corrected chi connectivity index (χ4v) is 2.37. The lowest BCUT2D eigenvalue weighted by Gasteiger charge is -2.24. The molecular weight excluding hydrogens is 264 g/mol. The molecular formula is C16H28N4O. The topological polar surface area (TPSA) is 50.3 Å². The Morgan fingerprint density at radius 3 is 2.71 bits per heavy atom. The standard InChI is InChI=1S/C16H28N4O/c1-4-6-10-20(13-7-8-13)16-11-14(17-9-5-2)18-15(19-16)12-21-3/h11,13H,4-10,12H2,1-3H3,(H,17,18,19). The van der Waals surface area contributed by atoms with Crippen LogP contribution in [0.1, 0.15) is 51.8 Å². The molecule has 0 unspecified atom stereocenters. The molecule has 2 rings (SSSR count). The van der Waals surface area contributed by atoms with Crippen LogP contribution >= 0.6 is 0 Å². The lowest BCUT2D eigenvalue weighted by molar-refractivity contribution is 0.178. The maximum absolute atomic E-state index is 5.21. The van der Waals surface area contributed by atoms with E-state index in [-0.39, 0.29) is 0 Å². The average Bonchev–Trinajstić information content (AvgIpc) is 3.30. The van der Waals surface area contributed by atoms with E-state index in [0.29, 0.717) is 12.6 Å². The molecule has 1 N–H and O–H groups in total. The van der Waals surface area contributed by atoms with Gasteiger partial charge in [0.15, 0.2) is 5.82 Å². The van der Waals surface area contributed by atoms with Crippen molar-refractivity contribution in [1.29, 1.82) is 0 Å². The van der Waals surface area contributed by atoms with Gasteiger partial charge in [0.1, 0.15) is 18.2 Å². The van der Waals surface area contributed by atoms with E-state index in [4.69, 9.17) is 9.72 Å². The third-order valence-corrected chi connectivity index (χ3v) is 3.62. The normalized spacial score (nSPS) is 14.2. The number of hydrogen-bond donors (Lipinski definition) is 1. The first kappa shape index (κ1) is 16.0. The Kier molecular flexibility index (Phi) is 6.23. The summed E-state index contributed by atoms with van der Waals surface area (Å²) in [6.07, 6.45) is 6.06. The molecule has 1 heterocycles. The van der Waals surface area contributed by atoms with Crippen molar-refractivity contribution in [2.45, 2.75) is 58.6 Å². The fraction of sp³-hybridized carbons (Fsp3) is 0.750. The van der Waals surface area contributed by atoms with E-state index >= 15 is 0 Å². The summed E-state index contributed by atoms with van der Waals surface area (Å²) >= 11 is 0. The van der Waals surface area contributed by atoms with Crippen LogP contribution in [0.25, 0.3) is 0 Å². The van der Waals surface area contributed by atoms with Gasteiger partial charge in [-0.15, -0.1) is 0 Å². The number of anilines is 2. The lowest BCUT2D eigenvalue weighted by atomic mass is 10.3. The van der Waals surface area contributed by atoms with Gasteiger partial charge in [-0.05, 0) is 25.7 Å². The minimum absolute atomic E-state index is 0.459. The Hall–Kier alpha value is -1.36. The lowest BCUT2D eigenvalue weighted by Crippen LogP contribution is -2.28. The summed E-state index contributed by atoms with van der Waals surface area (Å²) in [5.74, 6) is 2.72. The Morgan fingerprint density at radius 2 is 2.10 bits per heavy atom. The van der Waals surface area contributed by atoms with Crippen LogP contribution in [0, 0.1) is 0 Å². The van der Waals surface area contributed by atoms with Gasteiger partial charge >= 0.3 is 0 Å². The van der Waals surface area contributed by atoms with E-state index < -0.39 is 0 Å². The van der Waals surface area contributed by atoms with Crippen molar-refractivity contribution < 1.29 is 4.74 Å². The predicted molar refractivity (Wildman–Crippen MR) is 86.8 cm³/mol. The molecule has 1 aromatic rings. The van der Waals surface area contributed by atoms with Crippen LogP contribution in [0.4, 0.5) is 11.6 Å². The molecule has 0 aliphatic heterocycles. The summed E-state index contributed by atoms with van der Waals surface area (Å²) in [5, 5.41) is 3.37. The Labute approximate surface area is 128 Å². The van der Waals surface area contributed by atoms with Crippen LogP contribution in [-0.4, -0.2) is 36.2 Å². The molecule has 1 saturated carbocycles. The highest BCUT2D eigenvalue weighted by Crippen LogP contribution is 2.31. The second kappa shape index (κ2) is 8.17. The quantitative estimate of drug-likeness (QED) is 0.717. The molecule has 1 aromatic heterocycles. The Morgan fingerprint density at radius 1 is 1.29 bits per heavy atom. The zero-order valence-corrected chi connectivity index (χ0v) is 13.6. The molecule has 1 fully saturated rings. The summed E-state index contributed by atoms with van der Waals surface area (Å²) in [4.78, 5) is 11.7. The van der Waals surface area contributed by atoms with Crippen LogP contribution in [0.3, 0.4) is 0 Å². The van der Waals surface area contributed by atoms with Crippen molar-refractivity contribution in [2.24, 2.45) is 0 Å². The van der Waals surface area contributed by atoms with Crippen molar-refractivity contribution >= 4 is 11.6 Å². The van der Waals surface area contributed by atoms with Crippen LogP contribution in [-0.2, 0) is 11.3 Å². The molecule has 0 saturated heterocycles. The number of hydrogen-bond acceptors (Lipinski definition) is 5. The van der Waals surface area contributed by atoms with Gasteiger partial charge in [0.05, 0.1) is 0 Å². The molecule has 21 heavy (non-hydrogen) atoms. The van der Waals surface area contributed by atoms with E-state index in [1.807, 2.05) is 0 Å². The minimum Gasteiger partial charge on any atom is -0.377 e. The van der Waals surface area contributed by atoms with Crippen molar-refractivity contribution in [3.63, 3.8) is 0 Å². The van der Waals surface area contributed by atoms with Gasteiger partial charge in [-0.2, -0.15) is 0 Å². The van der Waals surface area contributed by atoms with E-state index in [1.165, 1.54) is 25.7 Å². The number of nitrogens with zero attached hydrogens (tertiary/aromatic N) is 3. The first-order chi connectivity index (χ1) is 10.3. The number of rotatable bonds is 10. The molecule has 5 heteroatoms. The van der Waals surface area contributed by atoms with Gasteiger partial charge in [-0.1, -0.05) is 20.3 Å². The zero-order valence-electron chi connectivity index (χ0n) is 13.6. The number of unbranched alkanes of at least 4 members (excludes halogenated alkanes) is 1. The van der Waals surface area contributed by atoms with Gasteiger partial charge in [0.25, 0.3) is 0 Å². The van der Waals surface area contributed by atoms with Gasteiger partial charge in [0.2, 0.25) is 0 Å². The number of ether oxygens (including phenoxy) is 1. The highest BCUT2D eigenvalue weighted by molar-refractivity contribution is 5.51. The summed E-state index contributed by atoms with van der Waals surface area (Å²) in [7, 11) is 1.69. The largest absolute Gasteiger partial charge is 0.377 e. The number of nitrogens with one attached hydrogen (secondary N) is 1. The second-order valence-corrected chi connectivity index (χ2v) is 5.67. The monoisotopic (exact) mass is 292 g/mol. The SMILES string of the molecule is CCCCN(c1cc(NCCC)nc(COC)n1)C1CC1. The minimum atomic E-state index is 0.459. The van der Waals surface area contributed by atoms with Crippen molar-refractivity contribution in [1.82, 2.24) is 9.97 Å². The van der Waals surface area contributed by atoms with Crippen LogP contribution in [0.15, 0.2) is 6.07 Å². The summed E-state index contributed by atoms with van der Waals surface area (Å²) < 4.78 is 5.21. The van der Waals surface area contributed by atoms with Gasteiger partial charge in [0, 0.05) is 32.3 Å². The van der Waals surface area contributed by atoms with Crippen molar-refractivity contribution in [3.05, 3.63) is 11.9 Å². The number of aromatic nitrogens is 2. The van der Waals surface area contributed by atoms with E-state index in [1.54, 1.807) is 7.11 Å². The molecule has 5 nitrogen and oxygen atoms in total. The average molecular weight is 292 g/mol. The number of methoxy groups -OCH3 is 1. The molecule has 0 spiro atoms. The highest BCUT2D eigenvalue weighted by atomic mass is 16.5. The third kappa shape index (κ3) is 4.84. The molecule has 0 amide bonds. The Bertz CT molecular complexity index is 434. The predicted octanol–water partition coefficient (Wildman–Crippen LogP) is 3.21. The third-order valence-electron chi connectivity index (χ3n) is 3.62. The maximum atomic E-state index is 5.21. The second-order valence-electron chi connectivity index (χ2n) is 5.67. The zero-order chi connectivity index (χ0) is 15.1. The van der Waals surface area contributed by atoms with Gasteiger partial charge in [-0.25, -0.2) is 9.97 Å². The first-order valence-electron chi connectivity index (χ1n) is 8.15. The van der Waals surface area contributed by atoms with Crippen LogP contribution in [0.2, 0.25) is 0 Å². The molecule has 0 bridgehead atoms. The molecule has 0 radical (unpaired) electrons. The van der Waals surface area contributed by atoms with E-state index in [9.17, 15) is 0 Å². The smallest absolute Gasteiger partial charge is 0.158 e. The summed E-state index contributed by atoms with van der Waals surface area (Å²) in [5.41, 5.74) is 0.